The lowest BCUT2D eigenvalue weighted by Crippen LogP contribution is -2.31. The third-order valence-electron chi connectivity index (χ3n) is 5.38. The van der Waals surface area contributed by atoms with Crippen LogP contribution in [-0.4, -0.2) is 24.5 Å². The monoisotopic (exact) mass is 464 g/mol. The Morgan fingerprint density at radius 3 is 2.18 bits per heavy atom. The number of nitrogens with one attached hydrogen (secondary N) is 1. The van der Waals surface area contributed by atoms with Crippen LogP contribution in [0.1, 0.15) is 34.0 Å². The van der Waals surface area contributed by atoms with Crippen molar-refractivity contribution in [3.63, 3.8) is 0 Å². The number of carbonyl (C=O) groups excluding carboxylic acids is 2. The predicted octanol–water partition coefficient (Wildman–Crippen LogP) is 3.86. The van der Waals surface area contributed by atoms with Crippen LogP contribution in [0.2, 0.25) is 0 Å². The highest BCUT2D eigenvalue weighted by molar-refractivity contribution is 7.99. The van der Waals surface area contributed by atoms with Gasteiger partial charge in [-0.3, -0.25) is 9.59 Å². The Bertz CT molecular complexity index is 1330. The topological polar surface area (TPSA) is 83.6 Å². The molecule has 0 unspecified atom stereocenters. The zero-order valence-electron chi connectivity index (χ0n) is 17.8. The van der Waals surface area contributed by atoms with Gasteiger partial charge in [-0.1, -0.05) is 54.6 Å². The van der Waals surface area contributed by atoms with Gasteiger partial charge in [0.1, 0.15) is 10.7 Å². The number of amides is 2. The molecule has 0 atom stereocenters. The maximum Gasteiger partial charge on any atom is 0.268 e. The number of hydrogen-bond donors (Lipinski definition) is 1. The van der Waals surface area contributed by atoms with E-state index in [2.05, 4.69) is 5.32 Å². The van der Waals surface area contributed by atoms with Crippen LogP contribution in [0, 0.1) is 5.82 Å². The fraction of sp³-hybridized carbons (Fsp3) is 0.120. The molecule has 8 heteroatoms. The van der Waals surface area contributed by atoms with Crippen LogP contribution in [-0.2, 0) is 27.9 Å². The van der Waals surface area contributed by atoms with E-state index in [-0.39, 0.29) is 28.5 Å². The van der Waals surface area contributed by atoms with Crippen LogP contribution in [0.25, 0.3) is 4.91 Å². The van der Waals surface area contributed by atoms with E-state index in [1.54, 1.807) is 24.3 Å². The maximum atomic E-state index is 13.3. The Labute approximate surface area is 191 Å². The fourth-order valence-electron chi connectivity index (χ4n) is 3.63. The van der Waals surface area contributed by atoms with Gasteiger partial charge in [0.15, 0.2) is 0 Å². The highest BCUT2D eigenvalue weighted by atomic mass is 32.2. The van der Waals surface area contributed by atoms with Crippen molar-refractivity contribution >= 4 is 26.7 Å². The van der Waals surface area contributed by atoms with Gasteiger partial charge in [-0.2, -0.15) is 0 Å². The molecule has 3 aromatic carbocycles. The second-order valence-electron chi connectivity index (χ2n) is 7.64. The van der Waals surface area contributed by atoms with Crippen LogP contribution in [0.3, 0.4) is 0 Å². The van der Waals surface area contributed by atoms with Gasteiger partial charge < -0.3 is 5.32 Å². The van der Waals surface area contributed by atoms with E-state index in [1.807, 2.05) is 30.3 Å². The standard InChI is InChI=1S/C25H21FN2O4S/c1-17-23(20-11-13-22(26)14-12-20)33(31,32)28(25(17)30)16-19-7-9-21(10-8-19)24(29)27-15-18-5-3-2-4-6-18/h2-14H,15-16H2,1H3,(H,27,29). The highest BCUT2D eigenvalue weighted by Gasteiger charge is 2.42. The summed E-state index contributed by atoms with van der Waals surface area (Å²) in [6.07, 6.45) is 0. The first-order valence-electron chi connectivity index (χ1n) is 10.2. The van der Waals surface area contributed by atoms with Gasteiger partial charge in [-0.25, -0.2) is 17.1 Å². The summed E-state index contributed by atoms with van der Waals surface area (Å²) in [5, 5.41) is 2.83. The van der Waals surface area contributed by atoms with Gasteiger partial charge in [0.2, 0.25) is 0 Å². The summed E-state index contributed by atoms with van der Waals surface area (Å²) < 4.78 is 40.2. The van der Waals surface area contributed by atoms with Gasteiger partial charge in [0.05, 0.1) is 6.54 Å². The number of carbonyl (C=O) groups is 2. The Kier molecular flexibility index (Phi) is 6.11. The molecular weight excluding hydrogens is 443 g/mol. The Hall–Kier alpha value is -3.78. The van der Waals surface area contributed by atoms with Crippen LogP contribution >= 0.6 is 0 Å². The number of sulfonamides is 1. The quantitative estimate of drug-likeness (QED) is 0.601. The smallest absolute Gasteiger partial charge is 0.268 e. The van der Waals surface area contributed by atoms with Crippen LogP contribution in [0.5, 0.6) is 0 Å². The molecule has 168 valence electrons. The molecule has 0 fully saturated rings. The fourth-order valence-corrected chi connectivity index (χ4v) is 5.43. The molecule has 0 spiro atoms. The van der Waals surface area contributed by atoms with Crippen molar-refractivity contribution in [1.29, 1.82) is 0 Å². The molecule has 0 bridgehead atoms. The van der Waals surface area contributed by atoms with E-state index in [9.17, 15) is 22.4 Å². The summed E-state index contributed by atoms with van der Waals surface area (Å²) >= 11 is 0. The SMILES string of the molecule is CC1=C(c2ccc(F)cc2)S(=O)(=O)N(Cc2ccc(C(=O)NCc3ccccc3)cc2)C1=O. The molecule has 1 heterocycles. The van der Waals surface area contributed by atoms with E-state index < -0.39 is 21.7 Å². The molecular formula is C25H21FN2O4S. The first-order valence-corrected chi connectivity index (χ1v) is 11.7. The minimum Gasteiger partial charge on any atom is -0.348 e. The zero-order chi connectivity index (χ0) is 23.6. The third kappa shape index (κ3) is 4.56. The number of rotatable bonds is 6. The zero-order valence-corrected chi connectivity index (χ0v) is 18.6. The van der Waals surface area contributed by atoms with Crippen molar-refractivity contribution in [2.24, 2.45) is 0 Å². The second kappa shape index (κ2) is 8.99. The first kappa shape index (κ1) is 22.4. The van der Waals surface area contributed by atoms with Crippen LogP contribution < -0.4 is 5.32 Å². The summed E-state index contributed by atoms with van der Waals surface area (Å²) in [7, 11) is -4.09. The molecule has 2 amide bonds. The van der Waals surface area contributed by atoms with Gasteiger partial charge >= 0.3 is 0 Å². The molecule has 0 aromatic heterocycles. The lowest BCUT2D eigenvalue weighted by molar-refractivity contribution is -0.122. The largest absolute Gasteiger partial charge is 0.348 e. The average Bonchev–Trinajstić information content (AvgIpc) is 2.98. The Morgan fingerprint density at radius 1 is 0.909 bits per heavy atom. The van der Waals surface area contributed by atoms with E-state index in [4.69, 9.17) is 0 Å². The molecule has 33 heavy (non-hydrogen) atoms. The van der Waals surface area contributed by atoms with Crippen molar-refractivity contribution in [3.8, 4) is 0 Å². The number of nitrogens with zero attached hydrogens (tertiary/aromatic N) is 1. The molecule has 1 aliphatic rings. The highest BCUT2D eigenvalue weighted by Crippen LogP contribution is 2.36. The van der Waals surface area contributed by atoms with Crippen molar-refractivity contribution in [1.82, 2.24) is 9.62 Å². The second-order valence-corrected chi connectivity index (χ2v) is 9.44. The Morgan fingerprint density at radius 2 is 1.55 bits per heavy atom. The summed E-state index contributed by atoms with van der Waals surface area (Å²) in [5.41, 5.74) is 2.29. The minimum absolute atomic E-state index is 0.0820. The summed E-state index contributed by atoms with van der Waals surface area (Å²) in [4.78, 5) is 25.0. The molecule has 0 saturated heterocycles. The Balaban J connectivity index is 1.47. The summed E-state index contributed by atoms with van der Waals surface area (Å²) in [6, 6.07) is 20.9. The van der Waals surface area contributed by atoms with Gasteiger partial charge in [0.25, 0.3) is 21.8 Å². The normalized spacial score (nSPS) is 15.1. The van der Waals surface area contributed by atoms with Gasteiger partial charge in [-0.15, -0.1) is 0 Å². The van der Waals surface area contributed by atoms with Crippen molar-refractivity contribution < 1.29 is 22.4 Å². The number of benzene rings is 3. The van der Waals surface area contributed by atoms with Crippen molar-refractivity contribution in [3.05, 3.63) is 113 Å². The number of halogens is 1. The van der Waals surface area contributed by atoms with Crippen LogP contribution in [0.15, 0.2) is 84.4 Å². The van der Waals surface area contributed by atoms with E-state index in [1.165, 1.54) is 19.1 Å². The van der Waals surface area contributed by atoms with Crippen molar-refractivity contribution in [2.45, 2.75) is 20.0 Å². The predicted molar refractivity (Wildman–Crippen MR) is 123 cm³/mol. The summed E-state index contributed by atoms with van der Waals surface area (Å²) in [6.45, 7) is 1.66. The molecule has 4 rings (SSSR count). The molecule has 0 aliphatic carbocycles. The molecule has 3 aromatic rings. The minimum atomic E-state index is -4.09. The summed E-state index contributed by atoms with van der Waals surface area (Å²) in [5.74, 6) is -1.38. The molecule has 0 radical (unpaired) electrons. The molecule has 1 aliphatic heterocycles. The van der Waals surface area contributed by atoms with Gasteiger partial charge in [0, 0.05) is 17.7 Å². The average molecular weight is 465 g/mol. The van der Waals surface area contributed by atoms with E-state index in [0.717, 1.165) is 22.0 Å². The molecule has 0 saturated carbocycles. The lowest BCUT2D eigenvalue weighted by atomic mass is 10.1. The molecule has 1 N–H and O–H groups in total. The van der Waals surface area contributed by atoms with Crippen LogP contribution in [0.4, 0.5) is 4.39 Å². The van der Waals surface area contributed by atoms with Gasteiger partial charge in [-0.05, 0) is 47.9 Å². The van der Waals surface area contributed by atoms with E-state index >= 15 is 0 Å². The van der Waals surface area contributed by atoms with E-state index in [0.29, 0.717) is 17.7 Å². The first-order chi connectivity index (χ1) is 15.8. The number of hydrogen-bond acceptors (Lipinski definition) is 4. The molecule has 6 nitrogen and oxygen atoms in total. The van der Waals surface area contributed by atoms with Crippen molar-refractivity contribution in [2.75, 3.05) is 0 Å². The third-order valence-corrected chi connectivity index (χ3v) is 7.31. The lowest BCUT2D eigenvalue weighted by Gasteiger charge is -2.17. The maximum absolute atomic E-state index is 13.3.